The van der Waals surface area contributed by atoms with Crippen molar-refractivity contribution in [1.82, 2.24) is 9.97 Å². The summed E-state index contributed by atoms with van der Waals surface area (Å²) in [4.78, 5) is 24.6. The highest BCUT2D eigenvalue weighted by Crippen LogP contribution is 2.34. The van der Waals surface area contributed by atoms with Gasteiger partial charge in [-0.25, -0.2) is 4.98 Å². The Morgan fingerprint density at radius 3 is 2.78 bits per heavy atom. The zero-order chi connectivity index (χ0) is 18.4. The van der Waals surface area contributed by atoms with Gasteiger partial charge < -0.3 is 9.88 Å². The van der Waals surface area contributed by atoms with Gasteiger partial charge in [-0.15, -0.1) is 11.3 Å². The van der Waals surface area contributed by atoms with Gasteiger partial charge in [-0.3, -0.25) is 4.79 Å². The highest BCUT2D eigenvalue weighted by atomic mass is 32.1. The molecule has 4 nitrogen and oxygen atoms in total. The fourth-order valence-corrected chi connectivity index (χ4v) is 4.88. The summed E-state index contributed by atoms with van der Waals surface area (Å²) in [6, 6.07) is 20.9. The van der Waals surface area contributed by atoms with Gasteiger partial charge in [0.2, 0.25) is 0 Å². The summed E-state index contributed by atoms with van der Waals surface area (Å²) in [5.74, 6) is 0.720. The van der Waals surface area contributed by atoms with E-state index < -0.39 is 0 Å². The van der Waals surface area contributed by atoms with Crippen LogP contribution in [0, 0.1) is 0 Å². The lowest BCUT2D eigenvalue weighted by Crippen LogP contribution is -2.30. The second-order valence-electron chi connectivity index (χ2n) is 7.02. The molecule has 5 heteroatoms. The maximum Gasteiger partial charge on any atom is 0.259 e. The lowest BCUT2D eigenvalue weighted by atomic mass is 10.1. The molecule has 2 aromatic carbocycles. The number of nitrogens with zero attached hydrogens (tertiary/aromatic N) is 2. The largest absolute Gasteiger partial charge is 0.361 e. The van der Waals surface area contributed by atoms with Crippen molar-refractivity contribution in [1.29, 1.82) is 0 Å². The molecule has 0 radical (unpaired) electrons. The number of aromatic nitrogens is 2. The maximum atomic E-state index is 12.6. The van der Waals surface area contributed by atoms with E-state index in [2.05, 4.69) is 53.2 Å². The summed E-state index contributed by atoms with van der Waals surface area (Å²) in [7, 11) is 0. The van der Waals surface area contributed by atoms with Crippen LogP contribution in [0.1, 0.15) is 18.3 Å². The van der Waals surface area contributed by atoms with E-state index in [0.29, 0.717) is 18.0 Å². The third kappa shape index (κ3) is 2.84. The number of H-pyrrole nitrogens is 1. The van der Waals surface area contributed by atoms with Gasteiger partial charge in [-0.2, -0.15) is 0 Å². The number of benzene rings is 2. The minimum Gasteiger partial charge on any atom is -0.361 e. The molecule has 0 spiro atoms. The van der Waals surface area contributed by atoms with Gasteiger partial charge in [0.05, 0.1) is 11.9 Å². The monoisotopic (exact) mass is 373 g/mol. The number of aromatic amines is 1. The van der Waals surface area contributed by atoms with Crippen molar-refractivity contribution in [3.05, 3.63) is 82.4 Å². The quantitative estimate of drug-likeness (QED) is 0.571. The van der Waals surface area contributed by atoms with Gasteiger partial charge in [0.1, 0.15) is 10.7 Å². The molecule has 2 aromatic heterocycles. The van der Waals surface area contributed by atoms with Gasteiger partial charge in [-0.05, 0) is 36.6 Å². The van der Waals surface area contributed by atoms with Gasteiger partial charge >= 0.3 is 0 Å². The predicted molar refractivity (Wildman–Crippen MR) is 111 cm³/mol. The standard InChI is InChI=1S/C22H19N3OS/c1-14-11-16-9-5-6-10-18(16)25(14)13-20-23-21(26)17-12-19(27-22(17)24-20)15-7-3-2-4-8-15/h2-10,12,14H,11,13H2,1H3,(H,23,24,26). The van der Waals surface area contributed by atoms with Crippen LogP contribution in [-0.2, 0) is 13.0 Å². The van der Waals surface area contributed by atoms with Crippen molar-refractivity contribution in [3.8, 4) is 10.4 Å². The number of hydrogen-bond acceptors (Lipinski definition) is 4. The number of para-hydroxylation sites is 1. The lowest BCUT2D eigenvalue weighted by molar-refractivity contribution is 0.655. The van der Waals surface area contributed by atoms with Crippen molar-refractivity contribution in [2.45, 2.75) is 25.9 Å². The Balaban J connectivity index is 1.53. The Morgan fingerprint density at radius 1 is 1.15 bits per heavy atom. The van der Waals surface area contributed by atoms with Crippen molar-refractivity contribution in [3.63, 3.8) is 0 Å². The molecule has 0 saturated heterocycles. The molecule has 5 rings (SSSR count). The van der Waals surface area contributed by atoms with E-state index in [1.165, 1.54) is 11.3 Å². The van der Waals surface area contributed by atoms with Gasteiger partial charge in [0, 0.05) is 16.6 Å². The molecule has 1 atom stereocenters. The highest BCUT2D eigenvalue weighted by molar-refractivity contribution is 7.21. The first-order chi connectivity index (χ1) is 13.2. The fourth-order valence-electron chi connectivity index (χ4n) is 3.83. The van der Waals surface area contributed by atoms with Crippen LogP contribution < -0.4 is 10.5 Å². The average molecular weight is 373 g/mol. The number of nitrogens with one attached hydrogen (secondary N) is 1. The van der Waals surface area contributed by atoms with E-state index in [9.17, 15) is 4.79 Å². The molecule has 0 amide bonds. The SMILES string of the molecule is CC1Cc2ccccc2N1Cc1nc2sc(-c3ccccc3)cc2c(=O)[nH]1. The normalized spacial score (nSPS) is 16.0. The smallest absolute Gasteiger partial charge is 0.259 e. The molecule has 0 fully saturated rings. The zero-order valence-corrected chi connectivity index (χ0v) is 15.8. The molecular weight excluding hydrogens is 354 g/mol. The van der Waals surface area contributed by atoms with Crippen molar-refractivity contribution >= 4 is 27.2 Å². The highest BCUT2D eigenvalue weighted by Gasteiger charge is 2.26. The third-order valence-electron chi connectivity index (χ3n) is 5.18. The van der Waals surface area contributed by atoms with Crippen molar-refractivity contribution < 1.29 is 0 Å². The molecule has 1 aliphatic rings. The van der Waals surface area contributed by atoms with Crippen LogP contribution in [0.3, 0.4) is 0 Å². The first-order valence-electron chi connectivity index (χ1n) is 9.12. The van der Waals surface area contributed by atoms with Crippen molar-refractivity contribution in [2.24, 2.45) is 0 Å². The molecule has 27 heavy (non-hydrogen) atoms. The Kier molecular flexibility index (Phi) is 3.83. The van der Waals surface area contributed by atoms with Crippen LogP contribution in [-0.4, -0.2) is 16.0 Å². The number of rotatable bonds is 3. The van der Waals surface area contributed by atoms with E-state index in [0.717, 1.165) is 27.5 Å². The van der Waals surface area contributed by atoms with Crippen molar-refractivity contribution in [2.75, 3.05) is 4.90 Å². The fraction of sp³-hybridized carbons (Fsp3) is 0.182. The molecule has 134 valence electrons. The second-order valence-corrected chi connectivity index (χ2v) is 8.05. The van der Waals surface area contributed by atoms with E-state index in [4.69, 9.17) is 4.98 Å². The van der Waals surface area contributed by atoms with E-state index in [1.54, 1.807) is 11.3 Å². The molecule has 1 aliphatic heterocycles. The summed E-state index contributed by atoms with van der Waals surface area (Å²) in [6.45, 7) is 2.83. The average Bonchev–Trinajstić information content (AvgIpc) is 3.25. The number of anilines is 1. The summed E-state index contributed by atoms with van der Waals surface area (Å²) in [5.41, 5.74) is 3.65. The molecular formula is C22H19N3OS. The van der Waals surface area contributed by atoms with E-state index in [-0.39, 0.29) is 5.56 Å². The van der Waals surface area contributed by atoms with Crippen LogP contribution in [0.15, 0.2) is 65.5 Å². The van der Waals surface area contributed by atoms with Gasteiger partial charge in [0.15, 0.2) is 0 Å². The Morgan fingerprint density at radius 2 is 1.93 bits per heavy atom. The molecule has 1 unspecified atom stereocenters. The summed E-state index contributed by atoms with van der Waals surface area (Å²) >= 11 is 1.57. The number of thiophene rings is 1. The minimum absolute atomic E-state index is 0.0615. The Bertz CT molecular complexity index is 1180. The van der Waals surface area contributed by atoms with E-state index in [1.807, 2.05) is 24.3 Å². The van der Waals surface area contributed by atoms with Crippen LogP contribution in [0.25, 0.3) is 20.7 Å². The number of hydrogen-bond donors (Lipinski definition) is 1. The summed E-state index contributed by atoms with van der Waals surface area (Å²) in [5, 5.41) is 0.664. The summed E-state index contributed by atoms with van der Waals surface area (Å²) in [6.07, 6.45) is 1.03. The number of fused-ring (bicyclic) bond motifs is 2. The lowest BCUT2D eigenvalue weighted by Gasteiger charge is -2.24. The first kappa shape index (κ1) is 16.3. The first-order valence-corrected chi connectivity index (χ1v) is 9.93. The molecule has 3 heterocycles. The molecule has 4 aromatic rings. The van der Waals surface area contributed by atoms with Gasteiger partial charge in [0.25, 0.3) is 5.56 Å². The maximum absolute atomic E-state index is 12.6. The Hall–Kier alpha value is -2.92. The molecule has 0 aliphatic carbocycles. The van der Waals surface area contributed by atoms with Crippen LogP contribution >= 0.6 is 11.3 Å². The predicted octanol–water partition coefficient (Wildman–Crippen LogP) is 4.60. The summed E-state index contributed by atoms with van der Waals surface area (Å²) < 4.78 is 0. The topological polar surface area (TPSA) is 49.0 Å². The molecule has 0 saturated carbocycles. The zero-order valence-electron chi connectivity index (χ0n) is 15.0. The second kappa shape index (κ2) is 6.35. The molecule has 1 N–H and O–H groups in total. The van der Waals surface area contributed by atoms with Crippen LogP contribution in [0.5, 0.6) is 0 Å². The molecule has 0 bridgehead atoms. The third-order valence-corrected chi connectivity index (χ3v) is 6.26. The van der Waals surface area contributed by atoms with Gasteiger partial charge in [-0.1, -0.05) is 48.5 Å². The van der Waals surface area contributed by atoms with Crippen LogP contribution in [0.2, 0.25) is 0 Å². The van der Waals surface area contributed by atoms with E-state index >= 15 is 0 Å². The Labute approximate surface area is 161 Å². The van der Waals surface area contributed by atoms with Crippen LogP contribution in [0.4, 0.5) is 5.69 Å². The minimum atomic E-state index is -0.0615.